The Morgan fingerprint density at radius 2 is 1.26 bits per heavy atom. The lowest BCUT2D eigenvalue weighted by Gasteiger charge is -2.07. The van der Waals surface area contributed by atoms with Crippen molar-refractivity contribution < 1.29 is 14.7 Å². The molecule has 0 aromatic rings. The van der Waals surface area contributed by atoms with Crippen LogP contribution in [0, 0.1) is 5.92 Å². The second kappa shape index (κ2) is 12.2. The Labute approximate surface area is 117 Å². The first kappa shape index (κ1) is 18.1. The van der Waals surface area contributed by atoms with Crippen LogP contribution < -0.4 is 0 Å². The molecule has 1 N–H and O–H groups in total. The smallest absolute Gasteiger partial charge is 0.372 e. The molecule has 0 aliphatic carbocycles. The zero-order valence-electron chi connectivity index (χ0n) is 12.6. The van der Waals surface area contributed by atoms with Crippen LogP contribution in [0.2, 0.25) is 0 Å². The van der Waals surface area contributed by atoms with E-state index in [9.17, 15) is 9.59 Å². The van der Waals surface area contributed by atoms with Gasteiger partial charge in [-0.05, 0) is 6.42 Å². The minimum atomic E-state index is -1.29. The average molecular weight is 270 g/mol. The van der Waals surface area contributed by atoms with E-state index in [1.165, 1.54) is 51.4 Å². The van der Waals surface area contributed by atoms with Crippen LogP contribution in [0.4, 0.5) is 0 Å². The van der Waals surface area contributed by atoms with Gasteiger partial charge in [-0.15, -0.1) is 0 Å². The summed E-state index contributed by atoms with van der Waals surface area (Å²) in [6, 6.07) is 0. The third-order valence-corrected chi connectivity index (χ3v) is 3.65. The fourth-order valence-electron chi connectivity index (χ4n) is 2.28. The number of carboxylic acid groups (broad SMARTS) is 1. The van der Waals surface area contributed by atoms with E-state index in [0.29, 0.717) is 6.42 Å². The summed E-state index contributed by atoms with van der Waals surface area (Å²) in [6.45, 7) is 3.94. The van der Waals surface area contributed by atoms with Crippen LogP contribution in [0.15, 0.2) is 0 Å². The van der Waals surface area contributed by atoms with Gasteiger partial charge < -0.3 is 5.11 Å². The fourth-order valence-corrected chi connectivity index (χ4v) is 2.28. The van der Waals surface area contributed by atoms with E-state index in [4.69, 9.17) is 5.11 Å². The maximum atomic E-state index is 11.1. The van der Waals surface area contributed by atoms with E-state index >= 15 is 0 Å². The first-order valence-electron chi connectivity index (χ1n) is 7.86. The Kier molecular flexibility index (Phi) is 11.6. The maximum Gasteiger partial charge on any atom is 0.372 e. The number of Topliss-reactive ketones (excluding diaryl/α,β-unsaturated/α-hetero) is 1. The van der Waals surface area contributed by atoms with Gasteiger partial charge in [-0.25, -0.2) is 4.79 Å². The highest BCUT2D eigenvalue weighted by molar-refractivity contribution is 6.33. The van der Waals surface area contributed by atoms with Gasteiger partial charge in [0, 0.05) is 5.92 Å². The molecule has 0 amide bonds. The van der Waals surface area contributed by atoms with Crippen molar-refractivity contribution in [1.82, 2.24) is 0 Å². The molecule has 1 atom stereocenters. The molecule has 0 aliphatic heterocycles. The number of carbonyl (C=O) groups excluding carboxylic acids is 1. The molecule has 0 saturated carbocycles. The first-order chi connectivity index (χ1) is 9.09. The highest BCUT2D eigenvalue weighted by Crippen LogP contribution is 2.14. The van der Waals surface area contributed by atoms with Gasteiger partial charge in [-0.1, -0.05) is 78.1 Å². The number of carbonyl (C=O) groups is 2. The molecular formula is C16H30O3. The van der Waals surface area contributed by atoms with Crippen molar-refractivity contribution in [1.29, 1.82) is 0 Å². The van der Waals surface area contributed by atoms with Crippen molar-refractivity contribution in [2.45, 2.75) is 84.5 Å². The number of unbranched alkanes of at least 4 members (excludes halogenated alkanes) is 9. The monoisotopic (exact) mass is 270 g/mol. The molecule has 0 saturated heterocycles. The summed E-state index contributed by atoms with van der Waals surface area (Å²) >= 11 is 0. The molecule has 0 aromatic heterocycles. The summed E-state index contributed by atoms with van der Waals surface area (Å²) in [5.41, 5.74) is 0. The van der Waals surface area contributed by atoms with Crippen molar-refractivity contribution in [3.05, 3.63) is 0 Å². The second-order valence-corrected chi connectivity index (χ2v) is 5.54. The van der Waals surface area contributed by atoms with Gasteiger partial charge in [-0.2, -0.15) is 0 Å². The van der Waals surface area contributed by atoms with Crippen molar-refractivity contribution in [3.8, 4) is 0 Å². The zero-order chi connectivity index (χ0) is 14.5. The van der Waals surface area contributed by atoms with Gasteiger partial charge in [0.1, 0.15) is 0 Å². The summed E-state index contributed by atoms with van der Waals surface area (Å²) in [5, 5.41) is 8.56. The summed E-state index contributed by atoms with van der Waals surface area (Å²) < 4.78 is 0. The molecule has 0 radical (unpaired) electrons. The average Bonchev–Trinajstić information content (AvgIpc) is 2.39. The quantitative estimate of drug-likeness (QED) is 0.393. The van der Waals surface area contributed by atoms with Crippen LogP contribution in [-0.4, -0.2) is 16.9 Å². The number of aliphatic carboxylic acids is 1. The maximum absolute atomic E-state index is 11.1. The minimum Gasteiger partial charge on any atom is -0.475 e. The number of rotatable bonds is 13. The Hall–Kier alpha value is -0.860. The van der Waals surface area contributed by atoms with Crippen molar-refractivity contribution >= 4 is 11.8 Å². The predicted octanol–water partition coefficient (Wildman–Crippen LogP) is 4.59. The Bertz CT molecular complexity index is 248. The molecular weight excluding hydrogens is 240 g/mol. The third-order valence-electron chi connectivity index (χ3n) is 3.65. The molecule has 0 spiro atoms. The molecule has 0 rings (SSSR count). The van der Waals surface area contributed by atoms with Gasteiger partial charge in [-0.3, -0.25) is 4.79 Å². The molecule has 112 valence electrons. The van der Waals surface area contributed by atoms with E-state index in [1.807, 2.05) is 0 Å². The summed E-state index contributed by atoms with van der Waals surface area (Å²) in [6.07, 6.45) is 13.3. The molecule has 3 nitrogen and oxygen atoms in total. The molecule has 0 heterocycles. The standard InChI is InChI=1S/C16H30O3/c1-3-4-5-6-7-8-9-10-11-12-13-14(2)15(17)16(18)19/h14H,3-13H2,1-2H3,(H,18,19). The Morgan fingerprint density at radius 3 is 1.68 bits per heavy atom. The molecule has 3 heteroatoms. The Morgan fingerprint density at radius 1 is 0.842 bits per heavy atom. The number of ketones is 1. The second-order valence-electron chi connectivity index (χ2n) is 5.54. The molecule has 19 heavy (non-hydrogen) atoms. The lowest BCUT2D eigenvalue weighted by molar-refractivity contribution is -0.150. The number of hydrogen-bond donors (Lipinski definition) is 1. The minimum absolute atomic E-state index is 0.327. The summed E-state index contributed by atoms with van der Waals surface area (Å²) in [7, 11) is 0. The number of hydrogen-bond acceptors (Lipinski definition) is 2. The first-order valence-corrected chi connectivity index (χ1v) is 7.86. The topological polar surface area (TPSA) is 54.4 Å². The van der Waals surface area contributed by atoms with Crippen LogP contribution in [-0.2, 0) is 9.59 Å². The lowest BCUT2D eigenvalue weighted by atomic mass is 9.98. The van der Waals surface area contributed by atoms with Crippen molar-refractivity contribution in [3.63, 3.8) is 0 Å². The molecule has 0 aromatic carbocycles. The van der Waals surface area contributed by atoms with Crippen LogP contribution >= 0.6 is 0 Å². The normalized spacial score (nSPS) is 12.3. The van der Waals surface area contributed by atoms with E-state index in [2.05, 4.69) is 6.92 Å². The lowest BCUT2D eigenvalue weighted by Crippen LogP contribution is -2.20. The van der Waals surface area contributed by atoms with E-state index in [1.54, 1.807) is 6.92 Å². The van der Waals surface area contributed by atoms with Gasteiger partial charge in [0.05, 0.1) is 0 Å². The largest absolute Gasteiger partial charge is 0.475 e. The SMILES string of the molecule is CCCCCCCCCCCCC(C)C(=O)C(=O)O. The van der Waals surface area contributed by atoms with Gasteiger partial charge in [0.15, 0.2) is 0 Å². The molecule has 0 aliphatic rings. The Balaban J connectivity index is 3.27. The van der Waals surface area contributed by atoms with Crippen LogP contribution in [0.5, 0.6) is 0 Å². The highest BCUT2D eigenvalue weighted by atomic mass is 16.4. The van der Waals surface area contributed by atoms with Crippen LogP contribution in [0.25, 0.3) is 0 Å². The van der Waals surface area contributed by atoms with Crippen LogP contribution in [0.3, 0.4) is 0 Å². The zero-order valence-corrected chi connectivity index (χ0v) is 12.6. The fraction of sp³-hybridized carbons (Fsp3) is 0.875. The van der Waals surface area contributed by atoms with Gasteiger partial charge in [0.25, 0.3) is 0 Å². The van der Waals surface area contributed by atoms with E-state index < -0.39 is 11.8 Å². The van der Waals surface area contributed by atoms with Crippen LogP contribution in [0.1, 0.15) is 84.5 Å². The van der Waals surface area contributed by atoms with Gasteiger partial charge in [0.2, 0.25) is 5.78 Å². The summed E-state index contributed by atoms with van der Waals surface area (Å²) in [5.74, 6) is -2.26. The van der Waals surface area contributed by atoms with Crippen molar-refractivity contribution in [2.75, 3.05) is 0 Å². The molecule has 1 unspecified atom stereocenters. The highest BCUT2D eigenvalue weighted by Gasteiger charge is 2.19. The van der Waals surface area contributed by atoms with Crippen molar-refractivity contribution in [2.24, 2.45) is 5.92 Å². The summed E-state index contributed by atoms with van der Waals surface area (Å²) in [4.78, 5) is 21.6. The van der Waals surface area contributed by atoms with E-state index in [-0.39, 0.29) is 5.92 Å². The molecule has 0 fully saturated rings. The number of carboxylic acids is 1. The van der Waals surface area contributed by atoms with E-state index in [0.717, 1.165) is 12.8 Å². The predicted molar refractivity (Wildman–Crippen MR) is 78.3 cm³/mol. The van der Waals surface area contributed by atoms with Gasteiger partial charge >= 0.3 is 5.97 Å². The molecule has 0 bridgehead atoms. The third kappa shape index (κ3) is 10.7.